The van der Waals surface area contributed by atoms with Crippen LogP contribution >= 0.6 is 11.8 Å². The lowest BCUT2D eigenvalue weighted by Crippen LogP contribution is -2.44. The lowest BCUT2D eigenvalue weighted by Gasteiger charge is -2.35. The second-order valence-corrected chi connectivity index (χ2v) is 6.74. The first-order valence-corrected chi connectivity index (χ1v) is 9.17. The van der Waals surface area contributed by atoms with E-state index in [1.807, 2.05) is 4.90 Å². The van der Waals surface area contributed by atoms with Gasteiger partial charge in [0.15, 0.2) is 0 Å². The van der Waals surface area contributed by atoms with E-state index in [1.165, 1.54) is 30.3 Å². The van der Waals surface area contributed by atoms with Gasteiger partial charge >= 0.3 is 0 Å². The summed E-state index contributed by atoms with van der Waals surface area (Å²) in [6.07, 6.45) is 4.32. The van der Waals surface area contributed by atoms with E-state index in [2.05, 4.69) is 17.1 Å². The lowest BCUT2D eigenvalue weighted by molar-refractivity contribution is -0.132. The normalized spacial score (nSPS) is 17.9. The Kier molecular flexibility index (Phi) is 5.50. The number of nitrogens with zero attached hydrogens (tertiary/aromatic N) is 3. The van der Waals surface area contributed by atoms with Crippen LogP contribution in [0.5, 0.6) is 0 Å². The third-order valence-electron chi connectivity index (χ3n) is 4.22. The molecule has 0 saturated carbocycles. The number of hydrogen-bond donors (Lipinski definition) is 0. The third kappa shape index (κ3) is 3.95. The van der Waals surface area contributed by atoms with Gasteiger partial charge in [0.05, 0.1) is 5.75 Å². The lowest BCUT2D eigenvalue weighted by atomic mass is 10.0. The Balaban J connectivity index is 1.60. The molecule has 1 saturated heterocycles. The van der Waals surface area contributed by atoms with Crippen LogP contribution < -0.4 is 0 Å². The van der Waals surface area contributed by atoms with E-state index in [-0.39, 0.29) is 23.4 Å². The van der Waals surface area contributed by atoms with Gasteiger partial charge in [0.25, 0.3) is 5.22 Å². The molecule has 2 aromatic rings. The van der Waals surface area contributed by atoms with Crippen molar-refractivity contribution in [3.8, 4) is 11.5 Å². The highest BCUT2D eigenvalue weighted by Gasteiger charge is 2.25. The Morgan fingerprint density at radius 2 is 2.29 bits per heavy atom. The summed E-state index contributed by atoms with van der Waals surface area (Å²) < 4.78 is 18.8. The quantitative estimate of drug-likeness (QED) is 0.769. The van der Waals surface area contributed by atoms with Crippen LogP contribution in [-0.2, 0) is 4.79 Å². The summed E-state index contributed by atoms with van der Waals surface area (Å²) in [5.74, 6) is 0.290. The molecule has 0 unspecified atom stereocenters. The summed E-state index contributed by atoms with van der Waals surface area (Å²) in [7, 11) is 0. The molecule has 0 spiro atoms. The molecule has 7 heteroatoms. The number of thioether (sulfide) groups is 1. The maximum absolute atomic E-state index is 13.2. The number of aromatic nitrogens is 2. The van der Waals surface area contributed by atoms with Crippen molar-refractivity contribution in [2.24, 2.45) is 0 Å². The number of piperidine rings is 1. The molecule has 1 aliphatic heterocycles. The molecule has 1 fully saturated rings. The maximum atomic E-state index is 13.2. The summed E-state index contributed by atoms with van der Waals surface area (Å²) in [5.41, 5.74) is 0.530. The average molecular weight is 349 g/mol. The van der Waals surface area contributed by atoms with E-state index in [0.29, 0.717) is 16.8 Å². The van der Waals surface area contributed by atoms with Gasteiger partial charge in [0.2, 0.25) is 11.8 Å². The molecule has 0 N–H and O–H groups in total. The smallest absolute Gasteiger partial charge is 0.277 e. The first kappa shape index (κ1) is 17.0. The third-order valence-corrected chi connectivity index (χ3v) is 5.02. The van der Waals surface area contributed by atoms with Gasteiger partial charge in [-0.3, -0.25) is 4.79 Å². The molecule has 5 nitrogen and oxygen atoms in total. The van der Waals surface area contributed by atoms with Crippen molar-refractivity contribution in [2.45, 2.75) is 43.9 Å². The molecule has 2 heterocycles. The van der Waals surface area contributed by atoms with Crippen molar-refractivity contribution in [3.63, 3.8) is 0 Å². The largest absolute Gasteiger partial charge is 0.411 e. The van der Waals surface area contributed by atoms with E-state index in [9.17, 15) is 9.18 Å². The van der Waals surface area contributed by atoms with Crippen molar-refractivity contribution in [3.05, 3.63) is 30.1 Å². The van der Waals surface area contributed by atoms with Crippen LogP contribution in [0.3, 0.4) is 0 Å². The molecule has 128 valence electrons. The van der Waals surface area contributed by atoms with Crippen LogP contribution in [0.2, 0.25) is 0 Å². The first-order valence-electron chi connectivity index (χ1n) is 8.19. The second kappa shape index (κ2) is 7.79. The maximum Gasteiger partial charge on any atom is 0.277 e. The SMILES string of the molecule is CC[C@H]1CCCCN1C(=O)CSc1nnc(-c2cccc(F)c2)o1. The molecular formula is C17H20FN3O2S. The van der Waals surface area contributed by atoms with Crippen LogP contribution in [0, 0.1) is 5.82 Å². The molecule has 0 aliphatic carbocycles. The van der Waals surface area contributed by atoms with E-state index in [4.69, 9.17) is 4.42 Å². The van der Waals surface area contributed by atoms with Crippen molar-refractivity contribution in [1.82, 2.24) is 15.1 Å². The minimum absolute atomic E-state index is 0.108. The summed E-state index contributed by atoms with van der Waals surface area (Å²) in [6, 6.07) is 6.34. The minimum atomic E-state index is -0.356. The predicted octanol–water partition coefficient (Wildman–Crippen LogP) is 3.76. The highest BCUT2D eigenvalue weighted by atomic mass is 32.2. The highest BCUT2D eigenvalue weighted by molar-refractivity contribution is 7.99. The number of hydrogen-bond acceptors (Lipinski definition) is 5. The zero-order chi connectivity index (χ0) is 16.9. The fraction of sp³-hybridized carbons (Fsp3) is 0.471. The van der Waals surface area contributed by atoms with Gasteiger partial charge in [-0.1, -0.05) is 24.8 Å². The Morgan fingerprint density at radius 1 is 1.42 bits per heavy atom. The molecule has 1 aliphatic rings. The van der Waals surface area contributed by atoms with Gasteiger partial charge in [-0.25, -0.2) is 4.39 Å². The van der Waals surface area contributed by atoms with E-state index in [0.717, 1.165) is 25.8 Å². The van der Waals surface area contributed by atoms with Gasteiger partial charge in [-0.15, -0.1) is 10.2 Å². The topological polar surface area (TPSA) is 59.2 Å². The Morgan fingerprint density at radius 3 is 3.08 bits per heavy atom. The van der Waals surface area contributed by atoms with Crippen LogP contribution in [0.15, 0.2) is 33.9 Å². The van der Waals surface area contributed by atoms with Gasteiger partial charge in [-0.2, -0.15) is 0 Å². The monoisotopic (exact) mass is 349 g/mol. The standard InChI is InChI=1S/C17H20FN3O2S/c1-2-14-8-3-4-9-21(14)15(22)11-24-17-20-19-16(23-17)12-6-5-7-13(18)10-12/h5-7,10,14H,2-4,8-9,11H2,1H3/t14-/m0/s1. The van der Waals surface area contributed by atoms with Crippen molar-refractivity contribution >= 4 is 17.7 Å². The molecule has 0 bridgehead atoms. The minimum Gasteiger partial charge on any atom is -0.411 e. The number of carbonyl (C=O) groups excluding carboxylic acids is 1. The molecule has 1 amide bonds. The number of halogens is 1. The zero-order valence-corrected chi connectivity index (χ0v) is 14.4. The fourth-order valence-electron chi connectivity index (χ4n) is 2.97. The zero-order valence-electron chi connectivity index (χ0n) is 13.6. The van der Waals surface area contributed by atoms with Gasteiger partial charge in [0, 0.05) is 18.2 Å². The first-order chi connectivity index (χ1) is 11.7. The summed E-state index contributed by atoms with van der Waals surface area (Å²) >= 11 is 1.23. The molecule has 1 atom stereocenters. The fourth-order valence-corrected chi connectivity index (χ4v) is 3.62. The molecule has 1 aromatic carbocycles. The van der Waals surface area contributed by atoms with Crippen LogP contribution in [0.4, 0.5) is 4.39 Å². The van der Waals surface area contributed by atoms with E-state index >= 15 is 0 Å². The average Bonchev–Trinajstić information content (AvgIpc) is 3.08. The molecule has 24 heavy (non-hydrogen) atoms. The van der Waals surface area contributed by atoms with Crippen molar-refractivity contribution < 1.29 is 13.6 Å². The highest BCUT2D eigenvalue weighted by Crippen LogP contribution is 2.25. The summed E-state index contributed by atoms with van der Waals surface area (Å²) in [5, 5.41) is 8.18. The van der Waals surface area contributed by atoms with Gasteiger partial charge < -0.3 is 9.32 Å². The van der Waals surface area contributed by atoms with Crippen molar-refractivity contribution in [2.75, 3.05) is 12.3 Å². The Hall–Kier alpha value is -1.89. The summed E-state index contributed by atoms with van der Waals surface area (Å²) in [6.45, 7) is 2.95. The van der Waals surface area contributed by atoms with Crippen LogP contribution in [-0.4, -0.2) is 39.3 Å². The van der Waals surface area contributed by atoms with E-state index < -0.39 is 0 Å². The van der Waals surface area contributed by atoms with Crippen molar-refractivity contribution in [1.29, 1.82) is 0 Å². The molecule has 3 rings (SSSR count). The second-order valence-electron chi connectivity index (χ2n) is 5.82. The molecule has 0 radical (unpaired) electrons. The Bertz CT molecular complexity index is 707. The number of carbonyl (C=O) groups is 1. The number of benzene rings is 1. The number of likely N-dealkylation sites (tertiary alicyclic amines) is 1. The summed E-state index contributed by atoms with van der Waals surface area (Å²) in [4.78, 5) is 14.4. The number of amides is 1. The van der Waals surface area contributed by atoms with Gasteiger partial charge in [-0.05, 0) is 43.9 Å². The van der Waals surface area contributed by atoms with Crippen LogP contribution in [0.25, 0.3) is 11.5 Å². The Labute approximate surface area is 144 Å². The molecular weight excluding hydrogens is 329 g/mol. The predicted molar refractivity (Wildman–Crippen MR) is 90.1 cm³/mol. The van der Waals surface area contributed by atoms with Gasteiger partial charge in [0.1, 0.15) is 5.82 Å². The van der Waals surface area contributed by atoms with Crippen LogP contribution in [0.1, 0.15) is 32.6 Å². The van der Waals surface area contributed by atoms with E-state index in [1.54, 1.807) is 12.1 Å². The number of rotatable bonds is 5. The molecule has 1 aromatic heterocycles.